The monoisotopic (exact) mass is 247 g/mol. The van der Waals surface area contributed by atoms with Crippen LogP contribution in [0.5, 0.6) is 11.5 Å². The van der Waals surface area contributed by atoms with Crippen molar-refractivity contribution < 1.29 is 9.13 Å². The first-order valence-electron chi connectivity index (χ1n) is 4.83. The fourth-order valence-electron chi connectivity index (χ4n) is 1.36. The second-order valence-corrected chi connectivity index (χ2v) is 3.72. The summed E-state index contributed by atoms with van der Waals surface area (Å²) in [5.74, 6) is 0.0291. The smallest absolute Gasteiger partial charge is 0.148 e. The van der Waals surface area contributed by atoms with Gasteiger partial charge in [-0.2, -0.15) is 5.26 Å². The lowest BCUT2D eigenvalue weighted by Crippen LogP contribution is -1.91. The van der Waals surface area contributed by atoms with E-state index in [1.807, 2.05) is 0 Å². The molecule has 0 heterocycles. The lowest BCUT2D eigenvalue weighted by Gasteiger charge is -2.07. The molecule has 84 valence electrons. The zero-order chi connectivity index (χ0) is 12.3. The van der Waals surface area contributed by atoms with Crippen molar-refractivity contribution in [2.75, 3.05) is 0 Å². The molecule has 0 aliphatic carbocycles. The van der Waals surface area contributed by atoms with Crippen molar-refractivity contribution >= 4 is 11.6 Å². The maximum absolute atomic E-state index is 13.3. The lowest BCUT2D eigenvalue weighted by atomic mass is 10.2. The third-order valence-corrected chi connectivity index (χ3v) is 2.35. The molecule has 2 aromatic carbocycles. The number of hydrogen-bond acceptors (Lipinski definition) is 2. The normalized spacial score (nSPS) is 9.71. The van der Waals surface area contributed by atoms with E-state index in [1.165, 1.54) is 18.2 Å². The van der Waals surface area contributed by atoms with Crippen LogP contribution in [0.1, 0.15) is 5.56 Å². The van der Waals surface area contributed by atoms with E-state index in [-0.39, 0.29) is 11.3 Å². The molecule has 0 amide bonds. The molecule has 2 aromatic rings. The van der Waals surface area contributed by atoms with E-state index in [9.17, 15) is 4.39 Å². The maximum atomic E-state index is 13.3. The van der Waals surface area contributed by atoms with Gasteiger partial charge in [0, 0.05) is 5.02 Å². The molecular weight excluding hydrogens is 241 g/mol. The maximum Gasteiger partial charge on any atom is 0.148 e. The highest BCUT2D eigenvalue weighted by molar-refractivity contribution is 6.30. The van der Waals surface area contributed by atoms with Gasteiger partial charge in [0.2, 0.25) is 0 Å². The summed E-state index contributed by atoms with van der Waals surface area (Å²) >= 11 is 5.80. The van der Waals surface area contributed by atoms with E-state index in [0.29, 0.717) is 10.8 Å². The summed E-state index contributed by atoms with van der Waals surface area (Å²) in [6, 6.07) is 12.7. The molecule has 0 fully saturated rings. The van der Waals surface area contributed by atoms with Gasteiger partial charge in [-0.25, -0.2) is 4.39 Å². The van der Waals surface area contributed by atoms with Gasteiger partial charge in [0.15, 0.2) is 0 Å². The van der Waals surface area contributed by atoms with Gasteiger partial charge in [0.1, 0.15) is 28.9 Å². The quantitative estimate of drug-likeness (QED) is 0.799. The Bertz CT molecular complexity index is 592. The van der Waals surface area contributed by atoms with Gasteiger partial charge in [-0.15, -0.1) is 0 Å². The fraction of sp³-hybridized carbons (Fsp3) is 0. The van der Waals surface area contributed by atoms with Crippen molar-refractivity contribution in [3.8, 4) is 17.6 Å². The molecule has 0 atom stereocenters. The van der Waals surface area contributed by atoms with Gasteiger partial charge in [-0.05, 0) is 30.3 Å². The van der Waals surface area contributed by atoms with E-state index in [4.69, 9.17) is 21.6 Å². The first-order valence-corrected chi connectivity index (χ1v) is 5.20. The second-order valence-electron chi connectivity index (χ2n) is 3.28. The van der Waals surface area contributed by atoms with E-state index < -0.39 is 5.82 Å². The average molecular weight is 248 g/mol. The van der Waals surface area contributed by atoms with Crippen molar-refractivity contribution in [2.24, 2.45) is 0 Å². The number of halogens is 2. The number of rotatable bonds is 2. The standard InChI is InChI=1S/C13H7ClFNO/c14-9-3-1-4-10(7-9)17-13-6-2-5-12(15)11(13)8-16/h1-7H. The summed E-state index contributed by atoms with van der Waals surface area (Å²) in [5, 5.41) is 9.35. The van der Waals surface area contributed by atoms with Crippen molar-refractivity contribution in [1.29, 1.82) is 5.26 Å². The van der Waals surface area contributed by atoms with Crippen molar-refractivity contribution in [3.63, 3.8) is 0 Å². The topological polar surface area (TPSA) is 33.0 Å². The minimum Gasteiger partial charge on any atom is -0.456 e. The molecule has 0 aliphatic heterocycles. The van der Waals surface area contributed by atoms with Gasteiger partial charge in [-0.3, -0.25) is 0 Å². The molecule has 0 unspecified atom stereocenters. The molecule has 0 bridgehead atoms. The Labute approximate surface area is 103 Å². The largest absolute Gasteiger partial charge is 0.456 e. The molecule has 2 nitrogen and oxygen atoms in total. The third-order valence-electron chi connectivity index (χ3n) is 2.11. The molecule has 0 aromatic heterocycles. The van der Waals surface area contributed by atoms with Gasteiger partial charge in [0.25, 0.3) is 0 Å². The number of hydrogen-bond donors (Lipinski definition) is 0. The highest BCUT2D eigenvalue weighted by atomic mass is 35.5. The minimum atomic E-state index is -0.605. The van der Waals surface area contributed by atoms with Gasteiger partial charge in [-0.1, -0.05) is 23.7 Å². The molecule has 0 radical (unpaired) electrons. The summed E-state index contributed by atoms with van der Waals surface area (Å²) < 4.78 is 18.7. The van der Waals surface area contributed by atoms with Crippen molar-refractivity contribution in [3.05, 3.63) is 58.9 Å². The highest BCUT2D eigenvalue weighted by Gasteiger charge is 2.09. The molecule has 0 saturated heterocycles. The molecule has 2 rings (SSSR count). The van der Waals surface area contributed by atoms with Crippen LogP contribution in [0.15, 0.2) is 42.5 Å². The lowest BCUT2D eigenvalue weighted by molar-refractivity contribution is 0.474. The highest BCUT2D eigenvalue weighted by Crippen LogP contribution is 2.27. The second kappa shape index (κ2) is 4.86. The molecule has 0 saturated carbocycles. The Balaban J connectivity index is 2.37. The molecule has 0 aliphatic rings. The van der Waals surface area contributed by atoms with Crippen molar-refractivity contribution in [1.82, 2.24) is 0 Å². The summed E-state index contributed by atoms with van der Waals surface area (Å²) in [6.07, 6.45) is 0. The van der Waals surface area contributed by atoms with Gasteiger partial charge < -0.3 is 4.74 Å². The van der Waals surface area contributed by atoms with E-state index in [0.717, 1.165) is 0 Å². The molecule has 0 spiro atoms. The first kappa shape index (κ1) is 11.4. The Hall–Kier alpha value is -2.05. The summed E-state index contributed by atoms with van der Waals surface area (Å²) in [6.45, 7) is 0. The molecule has 0 N–H and O–H groups in total. The summed E-state index contributed by atoms with van der Waals surface area (Å²) in [4.78, 5) is 0. The van der Waals surface area contributed by atoms with Crippen LogP contribution in [-0.2, 0) is 0 Å². The zero-order valence-electron chi connectivity index (χ0n) is 8.65. The van der Waals surface area contributed by atoms with Crippen LogP contribution in [0.25, 0.3) is 0 Å². The van der Waals surface area contributed by atoms with Crippen molar-refractivity contribution in [2.45, 2.75) is 0 Å². The Morgan fingerprint density at radius 2 is 1.94 bits per heavy atom. The Morgan fingerprint density at radius 3 is 2.65 bits per heavy atom. The predicted octanol–water partition coefficient (Wildman–Crippen LogP) is 4.14. The summed E-state index contributed by atoms with van der Waals surface area (Å²) in [7, 11) is 0. The van der Waals surface area contributed by atoms with E-state index in [2.05, 4.69) is 0 Å². The zero-order valence-corrected chi connectivity index (χ0v) is 9.41. The molecule has 4 heteroatoms. The molecule has 17 heavy (non-hydrogen) atoms. The summed E-state index contributed by atoms with van der Waals surface area (Å²) in [5.41, 5.74) is -0.118. The number of ether oxygens (including phenoxy) is 1. The average Bonchev–Trinajstić information content (AvgIpc) is 2.29. The van der Waals surface area contributed by atoms with Crippen LogP contribution in [0.3, 0.4) is 0 Å². The number of benzene rings is 2. The number of nitrogens with zero attached hydrogens (tertiary/aromatic N) is 1. The van der Waals surface area contributed by atoms with Crippen LogP contribution >= 0.6 is 11.6 Å². The van der Waals surface area contributed by atoms with Gasteiger partial charge >= 0.3 is 0 Å². The van der Waals surface area contributed by atoms with E-state index >= 15 is 0 Å². The SMILES string of the molecule is N#Cc1c(F)cccc1Oc1cccc(Cl)c1. The minimum absolute atomic E-state index is 0.118. The molecular formula is C13H7ClFNO. The van der Waals surface area contributed by atoms with E-state index in [1.54, 1.807) is 30.3 Å². The van der Waals surface area contributed by atoms with Crippen LogP contribution in [0.2, 0.25) is 5.02 Å². The van der Waals surface area contributed by atoms with Gasteiger partial charge in [0.05, 0.1) is 0 Å². The van der Waals surface area contributed by atoms with Crippen LogP contribution in [0, 0.1) is 17.1 Å². The van der Waals surface area contributed by atoms with Crippen LogP contribution < -0.4 is 4.74 Å². The Morgan fingerprint density at radius 1 is 1.18 bits per heavy atom. The van der Waals surface area contributed by atoms with Crippen LogP contribution in [-0.4, -0.2) is 0 Å². The van der Waals surface area contributed by atoms with Crippen LogP contribution in [0.4, 0.5) is 4.39 Å². The first-order chi connectivity index (χ1) is 8.20. The fourth-order valence-corrected chi connectivity index (χ4v) is 1.54. The Kier molecular flexibility index (Phi) is 3.27. The predicted molar refractivity (Wildman–Crippen MR) is 62.6 cm³/mol. The number of nitriles is 1. The third kappa shape index (κ3) is 2.55.